The third kappa shape index (κ3) is 4.74. The van der Waals surface area contributed by atoms with E-state index in [1.165, 1.54) is 5.56 Å². The Balaban J connectivity index is 2.02. The van der Waals surface area contributed by atoms with Crippen molar-refractivity contribution in [1.82, 2.24) is 0 Å². The highest BCUT2D eigenvalue weighted by Gasteiger charge is 2.38. The van der Waals surface area contributed by atoms with E-state index >= 15 is 0 Å². The Kier molecular flexibility index (Phi) is 5.92. The third-order valence-corrected chi connectivity index (χ3v) is 16.6. The summed E-state index contributed by atoms with van der Waals surface area (Å²) in [6.45, 7) is 8.54. The van der Waals surface area contributed by atoms with Crippen molar-refractivity contribution in [2.45, 2.75) is 38.5 Å². The molecular formula is C12H24O4Si4. The van der Waals surface area contributed by atoms with Gasteiger partial charge >= 0.3 is 8.56 Å². The largest absolute Gasteiger partial charge is 0.423 e. The molecule has 0 radical (unpaired) electrons. The van der Waals surface area contributed by atoms with E-state index in [0.717, 1.165) is 6.04 Å². The van der Waals surface area contributed by atoms with Crippen molar-refractivity contribution in [1.29, 1.82) is 0 Å². The van der Waals surface area contributed by atoms with Crippen LogP contribution in [0, 0.1) is 0 Å². The smallest absolute Gasteiger partial charge is 0.317 e. The molecule has 4 atom stereocenters. The summed E-state index contributed by atoms with van der Waals surface area (Å²) in [6, 6.07) is 11.5. The Morgan fingerprint density at radius 1 is 1.20 bits per heavy atom. The van der Waals surface area contributed by atoms with E-state index in [-0.39, 0.29) is 0 Å². The molecule has 20 heavy (non-hydrogen) atoms. The Morgan fingerprint density at radius 2 is 1.90 bits per heavy atom. The van der Waals surface area contributed by atoms with Gasteiger partial charge in [0.1, 0.15) is 0 Å². The van der Waals surface area contributed by atoms with Gasteiger partial charge in [0.15, 0.2) is 0 Å². The second kappa shape index (κ2) is 7.27. The van der Waals surface area contributed by atoms with E-state index in [9.17, 15) is 0 Å². The molecule has 0 saturated carbocycles. The van der Waals surface area contributed by atoms with Gasteiger partial charge in [0.05, 0.1) is 0 Å². The lowest BCUT2D eigenvalue weighted by Gasteiger charge is -2.35. The SMILES string of the molecule is CC(C[Si]1(C)O[SiH2]O[SiH](C)O[SiH](C)O1)c1ccccc1. The van der Waals surface area contributed by atoms with Crippen LogP contribution in [-0.4, -0.2) is 37.1 Å². The summed E-state index contributed by atoms with van der Waals surface area (Å²) in [7, 11) is -6.20. The molecule has 0 bridgehead atoms. The van der Waals surface area contributed by atoms with Crippen molar-refractivity contribution in [2.75, 3.05) is 0 Å². The lowest BCUT2D eigenvalue weighted by Crippen LogP contribution is -2.50. The van der Waals surface area contributed by atoms with Gasteiger partial charge in [-0.25, -0.2) is 0 Å². The molecule has 1 aliphatic heterocycles. The second-order valence-electron chi connectivity index (χ2n) is 5.47. The van der Waals surface area contributed by atoms with Gasteiger partial charge in [-0.15, -0.1) is 0 Å². The minimum Gasteiger partial charge on any atom is -0.423 e. The van der Waals surface area contributed by atoms with Gasteiger partial charge in [-0.05, 0) is 37.2 Å². The standard InChI is InChI=1S/C12H24O4Si4/c1-11(12-8-6-5-7-9-12)10-20(4)14-17-13-18(2)15-19(3)16-20/h5-9,11,18-19H,10,17H2,1-4H3. The van der Waals surface area contributed by atoms with Crippen LogP contribution in [-0.2, 0) is 16.5 Å². The first-order chi connectivity index (χ1) is 9.48. The zero-order valence-corrected chi connectivity index (χ0v) is 17.4. The molecule has 0 aromatic heterocycles. The Labute approximate surface area is 128 Å². The van der Waals surface area contributed by atoms with E-state index in [1.807, 2.05) is 6.07 Å². The van der Waals surface area contributed by atoms with Crippen LogP contribution in [0.4, 0.5) is 0 Å². The molecule has 1 aromatic carbocycles. The lowest BCUT2D eigenvalue weighted by molar-refractivity contribution is 0.284. The molecular weight excluding hydrogens is 320 g/mol. The minimum atomic E-state index is -2.16. The van der Waals surface area contributed by atoms with Gasteiger partial charge in [0, 0.05) is 0 Å². The molecule has 0 N–H and O–H groups in total. The molecule has 0 amide bonds. The molecule has 2 rings (SSSR count). The molecule has 112 valence electrons. The number of benzene rings is 1. The molecule has 8 heteroatoms. The van der Waals surface area contributed by atoms with Crippen molar-refractivity contribution < 1.29 is 16.5 Å². The maximum Gasteiger partial charge on any atom is 0.317 e. The van der Waals surface area contributed by atoms with Crippen LogP contribution in [0.15, 0.2) is 30.3 Å². The van der Waals surface area contributed by atoms with E-state index in [2.05, 4.69) is 50.8 Å². The van der Waals surface area contributed by atoms with E-state index in [1.54, 1.807) is 0 Å². The zero-order valence-electron chi connectivity index (χ0n) is 12.7. The summed E-state index contributed by atoms with van der Waals surface area (Å²) in [4.78, 5) is 0. The first-order valence-electron chi connectivity index (χ1n) is 7.12. The number of hydrogen-bond acceptors (Lipinski definition) is 4. The highest BCUT2D eigenvalue weighted by molar-refractivity contribution is 6.78. The summed E-state index contributed by atoms with van der Waals surface area (Å²) in [5, 5.41) is 0. The molecule has 4 unspecified atom stereocenters. The van der Waals surface area contributed by atoms with Crippen molar-refractivity contribution >= 4 is 37.1 Å². The Bertz CT molecular complexity index is 421. The van der Waals surface area contributed by atoms with Crippen molar-refractivity contribution in [2.24, 2.45) is 0 Å². The quantitative estimate of drug-likeness (QED) is 0.781. The average Bonchev–Trinajstić information content (AvgIpc) is 2.37. The van der Waals surface area contributed by atoms with Crippen molar-refractivity contribution in [3.05, 3.63) is 35.9 Å². The van der Waals surface area contributed by atoms with Crippen LogP contribution in [0.3, 0.4) is 0 Å². The summed E-state index contributed by atoms with van der Waals surface area (Å²) >= 11 is 0. The Hall–Kier alpha value is -0.0725. The zero-order chi connectivity index (χ0) is 14.6. The molecule has 0 aliphatic carbocycles. The van der Waals surface area contributed by atoms with Gasteiger partial charge < -0.3 is 16.5 Å². The van der Waals surface area contributed by atoms with Crippen LogP contribution >= 0.6 is 0 Å². The maximum absolute atomic E-state index is 6.26. The average molecular weight is 345 g/mol. The van der Waals surface area contributed by atoms with Crippen LogP contribution < -0.4 is 0 Å². The van der Waals surface area contributed by atoms with Crippen molar-refractivity contribution in [3.63, 3.8) is 0 Å². The summed E-state index contributed by atoms with van der Waals surface area (Å²) in [5.74, 6) is 0.442. The van der Waals surface area contributed by atoms with E-state index in [0.29, 0.717) is 5.92 Å². The fourth-order valence-electron chi connectivity index (χ4n) is 2.54. The highest BCUT2D eigenvalue weighted by atomic mass is 28.5. The molecule has 1 aromatic rings. The topological polar surface area (TPSA) is 36.9 Å². The fourth-order valence-corrected chi connectivity index (χ4v) is 15.0. The van der Waals surface area contributed by atoms with Gasteiger partial charge in [-0.3, -0.25) is 0 Å². The predicted molar refractivity (Wildman–Crippen MR) is 90.2 cm³/mol. The van der Waals surface area contributed by atoms with Gasteiger partial charge in [0.2, 0.25) is 0 Å². The first kappa shape index (κ1) is 16.3. The Morgan fingerprint density at radius 3 is 2.60 bits per heavy atom. The molecule has 1 heterocycles. The number of rotatable bonds is 3. The predicted octanol–water partition coefficient (Wildman–Crippen LogP) is 1.64. The molecule has 1 aliphatic rings. The monoisotopic (exact) mass is 344 g/mol. The minimum absolute atomic E-state index is 0.442. The summed E-state index contributed by atoms with van der Waals surface area (Å²) in [5.41, 5.74) is 1.34. The first-order valence-corrected chi connectivity index (χ1v) is 15.0. The van der Waals surface area contributed by atoms with Gasteiger partial charge in [-0.1, -0.05) is 37.3 Å². The maximum atomic E-state index is 6.26. The molecule has 1 fully saturated rings. The van der Waals surface area contributed by atoms with Crippen LogP contribution in [0.1, 0.15) is 18.4 Å². The molecule has 4 nitrogen and oxygen atoms in total. The second-order valence-corrected chi connectivity index (χ2v) is 15.2. The van der Waals surface area contributed by atoms with Crippen molar-refractivity contribution in [3.8, 4) is 0 Å². The summed E-state index contributed by atoms with van der Waals surface area (Å²) < 4.78 is 24.0. The van der Waals surface area contributed by atoms with Crippen LogP contribution in [0.2, 0.25) is 25.7 Å². The molecule has 1 saturated heterocycles. The van der Waals surface area contributed by atoms with Gasteiger partial charge in [-0.2, -0.15) is 0 Å². The van der Waals surface area contributed by atoms with Crippen LogP contribution in [0.5, 0.6) is 0 Å². The van der Waals surface area contributed by atoms with E-state index in [4.69, 9.17) is 16.5 Å². The highest BCUT2D eigenvalue weighted by Crippen LogP contribution is 2.28. The lowest BCUT2D eigenvalue weighted by atomic mass is 10.0. The summed E-state index contributed by atoms with van der Waals surface area (Å²) in [6.07, 6.45) is 0. The third-order valence-electron chi connectivity index (χ3n) is 3.51. The normalized spacial score (nSPS) is 34.4. The van der Waals surface area contributed by atoms with Crippen LogP contribution in [0.25, 0.3) is 0 Å². The number of hydrogen-bond donors (Lipinski definition) is 0. The fraction of sp³-hybridized carbons (Fsp3) is 0.500. The van der Waals surface area contributed by atoms with Gasteiger partial charge in [0.25, 0.3) is 28.6 Å². The molecule has 0 spiro atoms. The van der Waals surface area contributed by atoms with E-state index < -0.39 is 37.1 Å².